The molecule has 0 radical (unpaired) electrons. The minimum Gasteiger partial charge on any atom is -0.455 e. The lowest BCUT2D eigenvalue weighted by Gasteiger charge is -2.34. The molecule has 76 heavy (non-hydrogen) atoms. The zero-order valence-electron chi connectivity index (χ0n) is 43.9. The highest BCUT2D eigenvalue weighted by Gasteiger charge is 2.51. The van der Waals surface area contributed by atoms with Crippen molar-refractivity contribution in [2.24, 2.45) is 0 Å². The van der Waals surface area contributed by atoms with Crippen LogP contribution in [0.25, 0.3) is 55.3 Å². The third-order valence-electron chi connectivity index (χ3n) is 15.9. The first-order valence-electron chi connectivity index (χ1n) is 26.5. The first-order chi connectivity index (χ1) is 37.1. The molecule has 0 amide bonds. The van der Waals surface area contributed by atoms with Gasteiger partial charge < -0.3 is 14.2 Å². The Morgan fingerprint density at radius 1 is 0.342 bits per heavy atom. The van der Waals surface area contributed by atoms with Crippen LogP contribution in [-0.4, -0.2) is 8.07 Å². The number of hydrogen-bond donors (Lipinski definition) is 0. The Balaban J connectivity index is 1.12. The Morgan fingerprint density at radius 3 is 1.34 bits per heavy atom. The molecular formula is C72H58N2OSi. The van der Waals surface area contributed by atoms with Gasteiger partial charge in [-0.15, -0.1) is 0 Å². The minimum absolute atomic E-state index is 0.869. The Labute approximate surface area is 447 Å². The van der Waals surface area contributed by atoms with E-state index in [0.717, 1.165) is 56.1 Å². The van der Waals surface area contributed by atoms with Gasteiger partial charge >= 0.3 is 0 Å². The standard InChI is InChI=1S/C72H58N2OSi/c1-47-25-33-55(34-26-47)73(56-37-29-53(30-38-56)62-21-9-7-17-51(62)5)59-41-42-65-68(45-59)76(60-19-13-15-49(3)43-60,61-20-14-16-50(4)44-61)69-46-66(70-64-23-11-12-24-67(64)75-72(70)71(65)69)74(57-35-27-48(2)28-36-57)58-39-31-54(32-40-58)63-22-10-8-18-52(63)6/h7-46H,1-6H3. The molecule has 4 heteroatoms. The highest BCUT2D eigenvalue weighted by molar-refractivity contribution is 7.22. The van der Waals surface area contributed by atoms with Crippen LogP contribution in [0.1, 0.15) is 33.4 Å². The second-order valence-corrected chi connectivity index (χ2v) is 24.6. The molecule has 11 aromatic carbocycles. The van der Waals surface area contributed by atoms with Crippen molar-refractivity contribution < 1.29 is 4.42 Å². The summed E-state index contributed by atoms with van der Waals surface area (Å²) < 4.78 is 7.41. The van der Waals surface area contributed by atoms with Crippen molar-refractivity contribution in [3.63, 3.8) is 0 Å². The van der Waals surface area contributed by atoms with E-state index in [4.69, 9.17) is 4.42 Å². The van der Waals surface area contributed by atoms with Crippen LogP contribution in [-0.2, 0) is 0 Å². The topological polar surface area (TPSA) is 19.6 Å². The molecule has 0 spiro atoms. The molecule has 3 nitrogen and oxygen atoms in total. The summed E-state index contributed by atoms with van der Waals surface area (Å²) in [5, 5.41) is 7.52. The molecule has 12 aromatic rings. The number of benzene rings is 11. The maximum absolute atomic E-state index is 7.41. The van der Waals surface area contributed by atoms with Crippen molar-refractivity contribution in [1.82, 2.24) is 0 Å². The number of hydrogen-bond acceptors (Lipinski definition) is 3. The summed E-state index contributed by atoms with van der Waals surface area (Å²) in [6.07, 6.45) is 0. The van der Waals surface area contributed by atoms with Crippen molar-refractivity contribution in [2.45, 2.75) is 41.5 Å². The molecule has 1 aliphatic rings. The predicted molar refractivity (Wildman–Crippen MR) is 325 cm³/mol. The predicted octanol–water partition coefficient (Wildman–Crippen LogP) is 17.1. The van der Waals surface area contributed by atoms with Crippen LogP contribution in [0.15, 0.2) is 247 Å². The van der Waals surface area contributed by atoms with Gasteiger partial charge in [-0.3, -0.25) is 0 Å². The highest BCUT2D eigenvalue weighted by Crippen LogP contribution is 2.49. The number of anilines is 6. The Hall–Kier alpha value is -8.96. The molecule has 366 valence electrons. The normalized spacial score (nSPS) is 12.4. The van der Waals surface area contributed by atoms with Crippen molar-refractivity contribution in [1.29, 1.82) is 0 Å². The van der Waals surface area contributed by atoms with Crippen LogP contribution in [0, 0.1) is 41.5 Å². The van der Waals surface area contributed by atoms with Gasteiger partial charge in [0.15, 0.2) is 8.07 Å². The van der Waals surface area contributed by atoms with Gasteiger partial charge in [-0.2, -0.15) is 0 Å². The quantitative estimate of drug-likeness (QED) is 0.127. The monoisotopic (exact) mass is 994 g/mol. The fraction of sp³-hybridized carbons (Fsp3) is 0.0833. The summed E-state index contributed by atoms with van der Waals surface area (Å²) in [6, 6.07) is 90.7. The van der Waals surface area contributed by atoms with Gasteiger partial charge in [0.05, 0.1) is 11.1 Å². The van der Waals surface area contributed by atoms with Gasteiger partial charge in [0.2, 0.25) is 0 Å². The molecule has 0 aliphatic carbocycles. The van der Waals surface area contributed by atoms with Crippen molar-refractivity contribution in [3.05, 3.63) is 276 Å². The van der Waals surface area contributed by atoms with E-state index in [1.807, 2.05) is 0 Å². The van der Waals surface area contributed by atoms with Crippen LogP contribution in [0.5, 0.6) is 0 Å². The molecule has 0 N–H and O–H groups in total. The van der Waals surface area contributed by atoms with Crippen LogP contribution < -0.4 is 30.5 Å². The Kier molecular flexibility index (Phi) is 11.5. The summed E-state index contributed by atoms with van der Waals surface area (Å²) in [5.74, 6) is 0. The van der Waals surface area contributed by atoms with Crippen molar-refractivity contribution in [3.8, 4) is 33.4 Å². The van der Waals surface area contributed by atoms with Gasteiger partial charge in [0.25, 0.3) is 0 Å². The number of furan rings is 1. The van der Waals surface area contributed by atoms with Gasteiger partial charge in [-0.25, -0.2) is 0 Å². The molecular weight excluding hydrogens is 937 g/mol. The van der Waals surface area contributed by atoms with E-state index >= 15 is 0 Å². The maximum Gasteiger partial charge on any atom is 0.181 e. The first kappa shape index (κ1) is 46.8. The van der Waals surface area contributed by atoms with E-state index in [9.17, 15) is 0 Å². The van der Waals surface area contributed by atoms with Gasteiger partial charge in [-0.05, 0) is 174 Å². The second kappa shape index (κ2) is 18.8. The molecule has 1 aromatic heterocycles. The molecule has 2 heterocycles. The average molecular weight is 995 g/mol. The highest BCUT2D eigenvalue weighted by atomic mass is 28.3. The molecule has 0 bridgehead atoms. The maximum atomic E-state index is 7.41. The number of rotatable bonds is 10. The summed E-state index contributed by atoms with van der Waals surface area (Å²) in [4.78, 5) is 4.92. The molecule has 0 fully saturated rings. The molecule has 1 aliphatic heterocycles. The molecule has 0 unspecified atom stereocenters. The summed E-state index contributed by atoms with van der Waals surface area (Å²) >= 11 is 0. The van der Waals surface area contributed by atoms with E-state index in [-0.39, 0.29) is 0 Å². The first-order valence-corrected chi connectivity index (χ1v) is 28.5. The summed E-state index contributed by atoms with van der Waals surface area (Å²) in [5.41, 5.74) is 23.0. The largest absolute Gasteiger partial charge is 0.455 e. The van der Waals surface area contributed by atoms with Crippen molar-refractivity contribution >= 4 is 84.9 Å². The number of para-hydroxylation sites is 1. The van der Waals surface area contributed by atoms with Gasteiger partial charge in [0, 0.05) is 39.4 Å². The van der Waals surface area contributed by atoms with E-state index in [1.54, 1.807) is 0 Å². The Bertz CT molecular complexity index is 4120. The average Bonchev–Trinajstić information content (AvgIpc) is 4.18. The molecule has 0 saturated heterocycles. The van der Waals surface area contributed by atoms with E-state index in [0.29, 0.717) is 0 Å². The van der Waals surface area contributed by atoms with Crippen molar-refractivity contribution in [2.75, 3.05) is 9.80 Å². The number of fused-ring (bicyclic) bond motifs is 7. The zero-order valence-corrected chi connectivity index (χ0v) is 44.9. The lowest BCUT2D eigenvalue weighted by atomic mass is 9.98. The number of aryl methyl sites for hydroxylation is 6. The lowest BCUT2D eigenvalue weighted by molar-refractivity contribution is 0.670. The van der Waals surface area contributed by atoms with Crippen LogP contribution in [0.4, 0.5) is 34.1 Å². The van der Waals surface area contributed by atoms with Crippen LogP contribution in [0.3, 0.4) is 0 Å². The second-order valence-electron chi connectivity index (χ2n) is 20.9. The molecule has 0 atom stereocenters. The SMILES string of the molecule is Cc1ccc(N(c2ccc(-c3ccccc3C)cc2)c2ccc3c(c2)[Si](c2cccc(C)c2)(c2cccc(C)c2)c2cc(N(c4ccc(C)cc4)c4ccc(-c5ccccc5C)cc4)c4c(oc5ccccc54)c2-3)cc1. The molecule has 13 rings (SSSR count). The molecule has 0 saturated carbocycles. The summed E-state index contributed by atoms with van der Waals surface area (Å²) in [7, 11) is -3.26. The van der Waals surface area contributed by atoms with E-state index < -0.39 is 8.07 Å². The fourth-order valence-corrected chi connectivity index (χ4v) is 17.5. The fourth-order valence-electron chi connectivity index (χ4n) is 12.1. The van der Waals surface area contributed by atoms with Crippen LogP contribution in [0.2, 0.25) is 0 Å². The van der Waals surface area contributed by atoms with Gasteiger partial charge in [0.1, 0.15) is 11.2 Å². The van der Waals surface area contributed by atoms with E-state index in [2.05, 4.69) is 294 Å². The van der Waals surface area contributed by atoms with Gasteiger partial charge in [-0.1, -0.05) is 192 Å². The minimum atomic E-state index is -3.26. The zero-order chi connectivity index (χ0) is 51.7. The number of nitrogens with zero attached hydrogens (tertiary/aromatic N) is 2. The summed E-state index contributed by atoms with van der Waals surface area (Å²) in [6.45, 7) is 13.2. The lowest BCUT2D eigenvalue weighted by Crippen LogP contribution is -2.73. The Morgan fingerprint density at radius 2 is 0.816 bits per heavy atom. The third kappa shape index (κ3) is 7.79. The van der Waals surface area contributed by atoms with Crippen LogP contribution >= 0.6 is 0 Å². The van der Waals surface area contributed by atoms with E-state index in [1.165, 1.54) is 87.5 Å². The smallest absolute Gasteiger partial charge is 0.181 e. The third-order valence-corrected chi connectivity index (χ3v) is 20.6.